The maximum Gasteiger partial charge on any atom is 0.343 e. The lowest BCUT2D eigenvalue weighted by atomic mass is 10.0. The zero-order valence-electron chi connectivity index (χ0n) is 10.9. The van der Waals surface area contributed by atoms with Gasteiger partial charge in [0.2, 0.25) is 0 Å². The Kier molecular flexibility index (Phi) is 4.84. The molecular formula is C17H14O3. The summed E-state index contributed by atoms with van der Waals surface area (Å²) in [6, 6.07) is 6.96. The minimum Gasteiger partial charge on any atom is -0.431 e. The lowest BCUT2D eigenvalue weighted by Gasteiger charge is -2.06. The molecule has 1 heterocycles. The van der Waals surface area contributed by atoms with Crippen LogP contribution >= 0.6 is 0 Å². The number of rotatable bonds is 0. The van der Waals surface area contributed by atoms with Gasteiger partial charge in [-0.15, -0.1) is 0 Å². The molecule has 1 aliphatic heterocycles. The Bertz CT molecular complexity index is 619. The Morgan fingerprint density at radius 2 is 1.55 bits per heavy atom. The Hall–Kier alpha value is -2.68. The number of benzene rings is 1. The number of esters is 1. The second-order valence-corrected chi connectivity index (χ2v) is 4.16. The average Bonchev–Trinajstić information content (AvgIpc) is 2.45. The van der Waals surface area contributed by atoms with Crippen molar-refractivity contribution in [3.8, 4) is 0 Å². The first-order chi connectivity index (χ1) is 9.77. The molecule has 0 aliphatic carbocycles. The van der Waals surface area contributed by atoms with E-state index in [9.17, 15) is 9.59 Å². The van der Waals surface area contributed by atoms with Gasteiger partial charge in [0.05, 0.1) is 11.8 Å². The van der Waals surface area contributed by atoms with Gasteiger partial charge in [0, 0.05) is 6.42 Å². The minimum absolute atomic E-state index is 0.0634. The average molecular weight is 266 g/mol. The lowest BCUT2D eigenvalue weighted by molar-refractivity contribution is -0.114. The molecule has 20 heavy (non-hydrogen) atoms. The van der Waals surface area contributed by atoms with Gasteiger partial charge >= 0.3 is 5.97 Å². The summed E-state index contributed by atoms with van der Waals surface area (Å²) in [5, 5.41) is 0. The van der Waals surface area contributed by atoms with Crippen molar-refractivity contribution in [3.63, 3.8) is 0 Å². The van der Waals surface area contributed by atoms with Crippen molar-refractivity contribution in [3.05, 3.63) is 84.2 Å². The predicted molar refractivity (Wildman–Crippen MR) is 77.1 cm³/mol. The molecule has 1 aromatic carbocycles. The predicted octanol–water partition coefficient (Wildman–Crippen LogP) is 3.15. The third-order valence-electron chi connectivity index (χ3n) is 2.69. The summed E-state index contributed by atoms with van der Waals surface area (Å²) in [5.74, 6) is -0.527. The van der Waals surface area contributed by atoms with E-state index >= 15 is 0 Å². The van der Waals surface area contributed by atoms with E-state index in [1.54, 1.807) is 60.7 Å². The molecule has 0 saturated heterocycles. The number of hydrogen-bond acceptors (Lipinski definition) is 3. The van der Waals surface area contributed by atoms with E-state index in [-0.39, 0.29) is 12.2 Å². The van der Waals surface area contributed by atoms with Crippen LogP contribution in [-0.4, -0.2) is 11.8 Å². The van der Waals surface area contributed by atoms with Crippen LogP contribution in [0.5, 0.6) is 0 Å². The van der Waals surface area contributed by atoms with Crippen molar-refractivity contribution in [2.75, 3.05) is 0 Å². The van der Waals surface area contributed by atoms with Gasteiger partial charge in [-0.25, -0.2) is 4.79 Å². The number of ketones is 1. The van der Waals surface area contributed by atoms with Crippen molar-refractivity contribution >= 4 is 11.8 Å². The van der Waals surface area contributed by atoms with Crippen LogP contribution in [0.4, 0.5) is 0 Å². The normalized spacial score (nSPS) is 22.0. The molecule has 0 unspecified atom stereocenters. The van der Waals surface area contributed by atoms with Gasteiger partial charge in [0.15, 0.2) is 5.78 Å². The first-order valence-corrected chi connectivity index (χ1v) is 6.25. The van der Waals surface area contributed by atoms with Crippen molar-refractivity contribution in [2.24, 2.45) is 0 Å². The van der Waals surface area contributed by atoms with Gasteiger partial charge < -0.3 is 4.74 Å². The first-order valence-electron chi connectivity index (χ1n) is 6.25. The highest BCUT2D eigenvalue weighted by atomic mass is 16.5. The number of cyclic esters (lactones) is 1. The van der Waals surface area contributed by atoms with Crippen LogP contribution in [0.1, 0.15) is 15.9 Å². The summed E-state index contributed by atoms with van der Waals surface area (Å²) in [4.78, 5) is 23.8. The fourth-order valence-corrected chi connectivity index (χ4v) is 1.75. The van der Waals surface area contributed by atoms with E-state index in [0.29, 0.717) is 11.1 Å². The van der Waals surface area contributed by atoms with Crippen LogP contribution in [0.3, 0.4) is 0 Å². The summed E-state index contributed by atoms with van der Waals surface area (Å²) < 4.78 is 5.02. The van der Waals surface area contributed by atoms with Gasteiger partial charge in [-0.05, 0) is 23.8 Å². The molecule has 3 heteroatoms. The first kappa shape index (κ1) is 13.7. The molecule has 0 atom stereocenters. The van der Waals surface area contributed by atoms with Crippen molar-refractivity contribution in [1.29, 1.82) is 0 Å². The quantitative estimate of drug-likeness (QED) is 0.677. The molecule has 0 spiro atoms. The molecule has 100 valence electrons. The van der Waals surface area contributed by atoms with Crippen LogP contribution in [0.15, 0.2) is 73.1 Å². The molecule has 1 aliphatic rings. The Balaban J connectivity index is 2.34. The maximum atomic E-state index is 11.9. The van der Waals surface area contributed by atoms with Gasteiger partial charge in [-0.1, -0.05) is 48.6 Å². The Morgan fingerprint density at radius 1 is 0.850 bits per heavy atom. The molecule has 0 radical (unpaired) electrons. The summed E-state index contributed by atoms with van der Waals surface area (Å²) in [6.45, 7) is 0. The van der Waals surface area contributed by atoms with Crippen molar-refractivity contribution < 1.29 is 14.3 Å². The highest BCUT2D eigenvalue weighted by Gasteiger charge is 2.13. The second-order valence-electron chi connectivity index (χ2n) is 4.16. The summed E-state index contributed by atoms with van der Waals surface area (Å²) in [6.07, 6.45) is 13.4. The van der Waals surface area contributed by atoms with Crippen LogP contribution < -0.4 is 0 Å². The topological polar surface area (TPSA) is 43.4 Å². The molecule has 0 N–H and O–H groups in total. The van der Waals surface area contributed by atoms with Gasteiger partial charge in [0.25, 0.3) is 0 Å². The molecule has 3 nitrogen and oxygen atoms in total. The van der Waals surface area contributed by atoms with E-state index in [0.717, 1.165) is 0 Å². The molecule has 0 fully saturated rings. The highest BCUT2D eigenvalue weighted by molar-refractivity contribution is 5.96. The minimum atomic E-state index is -0.463. The summed E-state index contributed by atoms with van der Waals surface area (Å²) >= 11 is 0. The molecule has 0 bridgehead atoms. The summed E-state index contributed by atoms with van der Waals surface area (Å²) in [7, 11) is 0. The van der Waals surface area contributed by atoms with Crippen LogP contribution in [0.2, 0.25) is 0 Å². The zero-order valence-corrected chi connectivity index (χ0v) is 10.9. The lowest BCUT2D eigenvalue weighted by Crippen LogP contribution is -2.08. The van der Waals surface area contributed by atoms with E-state index in [1.165, 1.54) is 12.3 Å². The van der Waals surface area contributed by atoms with E-state index in [4.69, 9.17) is 4.74 Å². The maximum absolute atomic E-state index is 11.9. The molecule has 2 rings (SSSR count). The molecule has 0 aromatic heterocycles. The van der Waals surface area contributed by atoms with Gasteiger partial charge in [0.1, 0.15) is 0 Å². The highest BCUT2D eigenvalue weighted by Crippen LogP contribution is 2.12. The second kappa shape index (κ2) is 7.04. The fourth-order valence-electron chi connectivity index (χ4n) is 1.75. The largest absolute Gasteiger partial charge is 0.431 e. The Labute approximate surface area is 117 Å². The standard InChI is InChI=1S/C17H14O3/c18-15-10-5-3-1-2-4-8-12-20-17(19)16-11-7-6-9-14(16)13-15/h1-12H,13H2/b3-1-,4-2-,10-5-,12-8-. The third-order valence-corrected chi connectivity index (χ3v) is 2.69. The number of hydrogen-bond donors (Lipinski definition) is 0. The van der Waals surface area contributed by atoms with Crippen LogP contribution in [-0.2, 0) is 16.0 Å². The smallest absolute Gasteiger partial charge is 0.343 e. The van der Waals surface area contributed by atoms with Crippen molar-refractivity contribution in [2.45, 2.75) is 6.42 Å². The Morgan fingerprint density at radius 3 is 2.40 bits per heavy atom. The summed E-state index contributed by atoms with van der Waals surface area (Å²) in [5.41, 5.74) is 1.08. The third kappa shape index (κ3) is 3.92. The number of ether oxygens (including phenoxy) is 1. The van der Waals surface area contributed by atoms with Crippen LogP contribution in [0, 0.1) is 0 Å². The number of carbonyl (C=O) groups excluding carboxylic acids is 2. The SMILES string of the molecule is O=C1\C=C/C=C\C=C/C=C\OC(=O)c2ccccc2C1. The van der Waals surface area contributed by atoms with Gasteiger partial charge in [-0.3, -0.25) is 4.79 Å². The molecular weight excluding hydrogens is 252 g/mol. The van der Waals surface area contributed by atoms with Crippen molar-refractivity contribution in [1.82, 2.24) is 0 Å². The molecule has 1 aromatic rings. The van der Waals surface area contributed by atoms with Gasteiger partial charge in [-0.2, -0.15) is 0 Å². The van der Waals surface area contributed by atoms with E-state index in [1.807, 2.05) is 0 Å². The number of carbonyl (C=O) groups is 2. The number of fused-ring (bicyclic) bond motifs is 1. The van der Waals surface area contributed by atoms with E-state index in [2.05, 4.69) is 0 Å². The fraction of sp³-hybridized carbons (Fsp3) is 0.0588. The van der Waals surface area contributed by atoms with E-state index < -0.39 is 5.97 Å². The molecule has 0 amide bonds. The number of allylic oxidation sites excluding steroid dienone is 7. The monoisotopic (exact) mass is 266 g/mol. The molecule has 0 saturated carbocycles. The zero-order chi connectivity index (χ0) is 14.2. The van der Waals surface area contributed by atoms with Crippen LogP contribution in [0.25, 0.3) is 0 Å².